The van der Waals surface area contributed by atoms with Crippen LogP contribution in [-0.4, -0.2) is 34.2 Å². The molecule has 1 aliphatic heterocycles. The minimum atomic E-state index is -4.38. The molecule has 9 heteroatoms. The fourth-order valence-corrected chi connectivity index (χ4v) is 3.15. The van der Waals surface area contributed by atoms with E-state index in [0.29, 0.717) is 30.8 Å². The van der Waals surface area contributed by atoms with Gasteiger partial charge in [0, 0.05) is 25.1 Å². The summed E-state index contributed by atoms with van der Waals surface area (Å²) in [4.78, 5) is 25.0. The highest BCUT2D eigenvalue weighted by molar-refractivity contribution is 5.74. The van der Waals surface area contributed by atoms with Crippen molar-refractivity contribution in [2.24, 2.45) is 0 Å². The summed E-state index contributed by atoms with van der Waals surface area (Å²) in [6.45, 7) is 1.05. The number of rotatable bonds is 3. The van der Waals surface area contributed by atoms with Crippen molar-refractivity contribution in [2.45, 2.75) is 31.5 Å². The van der Waals surface area contributed by atoms with Gasteiger partial charge in [0.05, 0.1) is 17.8 Å². The average molecular weight is 380 g/mol. The number of nitrogens with one attached hydrogen (secondary N) is 2. The van der Waals surface area contributed by atoms with Gasteiger partial charge in [0.1, 0.15) is 0 Å². The van der Waals surface area contributed by atoms with Crippen molar-refractivity contribution in [2.75, 3.05) is 13.1 Å². The Bertz CT molecular complexity index is 846. The quantitative estimate of drug-likeness (QED) is 0.860. The van der Waals surface area contributed by atoms with Gasteiger partial charge in [0.15, 0.2) is 0 Å². The Balaban J connectivity index is 1.62. The molecule has 1 aliphatic rings. The topological polar surface area (TPSA) is 78.1 Å². The predicted octanol–water partition coefficient (Wildman–Crippen LogP) is 2.88. The van der Waals surface area contributed by atoms with Gasteiger partial charge in [-0.1, -0.05) is 18.2 Å². The molecule has 2 aromatic rings. The highest BCUT2D eigenvalue weighted by Crippen LogP contribution is 2.33. The second-order valence-corrected chi connectivity index (χ2v) is 6.48. The highest BCUT2D eigenvalue weighted by Gasteiger charge is 2.32. The summed E-state index contributed by atoms with van der Waals surface area (Å²) >= 11 is 0. The summed E-state index contributed by atoms with van der Waals surface area (Å²) in [6, 6.07) is 7.81. The van der Waals surface area contributed by atoms with Gasteiger partial charge in [-0.15, -0.1) is 0 Å². The number of halogens is 3. The van der Waals surface area contributed by atoms with Gasteiger partial charge in [0.2, 0.25) is 0 Å². The van der Waals surface area contributed by atoms with E-state index in [4.69, 9.17) is 0 Å². The Kier molecular flexibility index (Phi) is 5.48. The van der Waals surface area contributed by atoms with Crippen molar-refractivity contribution in [1.82, 2.24) is 20.4 Å². The van der Waals surface area contributed by atoms with Crippen LogP contribution in [0.25, 0.3) is 0 Å². The number of aromatic amines is 1. The van der Waals surface area contributed by atoms with Crippen LogP contribution in [0.15, 0.2) is 41.2 Å². The van der Waals surface area contributed by atoms with Crippen molar-refractivity contribution in [3.8, 4) is 0 Å². The third kappa shape index (κ3) is 4.87. The van der Waals surface area contributed by atoms with Crippen molar-refractivity contribution < 1.29 is 18.0 Å². The number of nitrogens with zero attached hydrogens (tertiary/aromatic N) is 2. The number of H-pyrrole nitrogens is 1. The molecule has 1 saturated heterocycles. The Hall–Kier alpha value is -2.84. The lowest BCUT2D eigenvalue weighted by Gasteiger charge is -2.33. The van der Waals surface area contributed by atoms with E-state index in [9.17, 15) is 22.8 Å². The SMILES string of the molecule is O=C(NCc1ccc(=O)[nH]n1)N1CCCC(c2cccc(C(F)(F)F)c2)C1. The molecule has 2 heterocycles. The van der Waals surface area contributed by atoms with Crippen LogP contribution in [-0.2, 0) is 12.7 Å². The number of carbonyl (C=O) groups is 1. The van der Waals surface area contributed by atoms with Gasteiger partial charge in [-0.05, 0) is 30.5 Å². The third-order valence-corrected chi connectivity index (χ3v) is 4.55. The monoisotopic (exact) mass is 380 g/mol. The Labute approximate surface area is 153 Å². The van der Waals surface area contributed by atoms with Gasteiger partial charge in [-0.2, -0.15) is 18.3 Å². The van der Waals surface area contributed by atoms with E-state index in [1.165, 1.54) is 18.2 Å². The van der Waals surface area contributed by atoms with Crippen LogP contribution in [0, 0.1) is 0 Å². The number of alkyl halides is 3. The number of hydrogen-bond acceptors (Lipinski definition) is 3. The maximum absolute atomic E-state index is 12.9. The number of likely N-dealkylation sites (tertiary alicyclic amines) is 1. The zero-order chi connectivity index (χ0) is 19.4. The van der Waals surface area contributed by atoms with Gasteiger partial charge >= 0.3 is 12.2 Å². The molecule has 0 spiro atoms. The maximum Gasteiger partial charge on any atom is 0.416 e. The summed E-state index contributed by atoms with van der Waals surface area (Å²) in [6.07, 6.45) is -2.94. The van der Waals surface area contributed by atoms with E-state index >= 15 is 0 Å². The highest BCUT2D eigenvalue weighted by atomic mass is 19.4. The van der Waals surface area contributed by atoms with Crippen molar-refractivity contribution in [3.63, 3.8) is 0 Å². The van der Waals surface area contributed by atoms with E-state index in [0.717, 1.165) is 18.6 Å². The van der Waals surface area contributed by atoms with Crippen molar-refractivity contribution >= 4 is 6.03 Å². The molecule has 1 atom stereocenters. The number of aromatic nitrogens is 2. The zero-order valence-electron chi connectivity index (χ0n) is 14.4. The molecular formula is C18H19F3N4O2. The molecule has 0 saturated carbocycles. The molecule has 1 aromatic carbocycles. The third-order valence-electron chi connectivity index (χ3n) is 4.55. The standard InChI is InChI=1S/C18H19F3N4O2/c19-18(20,21)14-5-1-3-12(9-14)13-4-2-8-25(11-13)17(27)22-10-15-6-7-16(26)24-23-15/h1,3,5-7,9,13H,2,4,8,10-11H2,(H,22,27)(H,24,26). The first-order valence-corrected chi connectivity index (χ1v) is 8.57. The fraction of sp³-hybridized carbons (Fsp3) is 0.389. The lowest BCUT2D eigenvalue weighted by atomic mass is 9.90. The van der Waals surface area contributed by atoms with Gasteiger partial charge in [-0.25, -0.2) is 9.89 Å². The summed E-state index contributed by atoms with van der Waals surface area (Å²) in [7, 11) is 0. The summed E-state index contributed by atoms with van der Waals surface area (Å²) in [5.41, 5.74) is 0.0924. The lowest BCUT2D eigenvalue weighted by Crippen LogP contribution is -2.44. The number of piperidine rings is 1. The molecule has 2 N–H and O–H groups in total. The summed E-state index contributed by atoms with van der Waals surface area (Å²) < 4.78 is 38.8. The minimum absolute atomic E-state index is 0.141. The molecule has 0 bridgehead atoms. The predicted molar refractivity (Wildman–Crippen MR) is 92.1 cm³/mol. The number of urea groups is 1. The first-order valence-electron chi connectivity index (χ1n) is 8.57. The minimum Gasteiger partial charge on any atom is -0.332 e. The second kappa shape index (κ2) is 7.81. The molecular weight excluding hydrogens is 361 g/mol. The van der Waals surface area contributed by atoms with Crippen LogP contribution in [0.3, 0.4) is 0 Å². The molecule has 144 valence electrons. The lowest BCUT2D eigenvalue weighted by molar-refractivity contribution is -0.137. The first kappa shape index (κ1) is 18.9. The smallest absolute Gasteiger partial charge is 0.332 e. The normalized spacial score (nSPS) is 17.6. The van der Waals surface area contributed by atoms with E-state index in [2.05, 4.69) is 15.5 Å². The van der Waals surface area contributed by atoms with Crippen LogP contribution >= 0.6 is 0 Å². The molecule has 1 aromatic heterocycles. The molecule has 1 fully saturated rings. The number of carbonyl (C=O) groups excluding carboxylic acids is 1. The largest absolute Gasteiger partial charge is 0.416 e. The molecule has 3 rings (SSSR count). The van der Waals surface area contributed by atoms with Crippen LogP contribution in [0.5, 0.6) is 0 Å². The fourth-order valence-electron chi connectivity index (χ4n) is 3.15. The molecule has 27 heavy (non-hydrogen) atoms. The van der Waals surface area contributed by atoms with Crippen LogP contribution in [0.4, 0.5) is 18.0 Å². The molecule has 6 nitrogen and oxygen atoms in total. The Morgan fingerprint density at radius 3 is 2.81 bits per heavy atom. The summed E-state index contributed by atoms with van der Waals surface area (Å²) in [5.74, 6) is -0.141. The maximum atomic E-state index is 12.9. The average Bonchev–Trinajstić information content (AvgIpc) is 2.67. The molecule has 0 radical (unpaired) electrons. The van der Waals surface area contributed by atoms with E-state index in [-0.39, 0.29) is 24.1 Å². The zero-order valence-corrected chi connectivity index (χ0v) is 14.4. The van der Waals surface area contributed by atoms with Gasteiger partial charge in [-0.3, -0.25) is 4.79 Å². The van der Waals surface area contributed by atoms with E-state index in [1.807, 2.05) is 0 Å². The first-order chi connectivity index (χ1) is 12.8. The number of hydrogen-bond donors (Lipinski definition) is 2. The summed E-state index contributed by atoms with van der Waals surface area (Å²) in [5, 5.41) is 8.82. The Morgan fingerprint density at radius 2 is 2.11 bits per heavy atom. The number of amides is 2. The molecule has 1 unspecified atom stereocenters. The number of benzene rings is 1. The molecule has 0 aliphatic carbocycles. The second-order valence-electron chi connectivity index (χ2n) is 6.48. The van der Waals surface area contributed by atoms with E-state index in [1.54, 1.807) is 11.0 Å². The Morgan fingerprint density at radius 1 is 1.30 bits per heavy atom. The van der Waals surface area contributed by atoms with Crippen LogP contribution in [0.2, 0.25) is 0 Å². The van der Waals surface area contributed by atoms with Crippen LogP contribution in [0.1, 0.15) is 35.6 Å². The van der Waals surface area contributed by atoms with Gasteiger partial charge in [0.25, 0.3) is 5.56 Å². The van der Waals surface area contributed by atoms with Crippen molar-refractivity contribution in [3.05, 3.63) is 63.6 Å². The van der Waals surface area contributed by atoms with Gasteiger partial charge < -0.3 is 10.2 Å². The molecule has 2 amide bonds. The van der Waals surface area contributed by atoms with Crippen molar-refractivity contribution in [1.29, 1.82) is 0 Å². The van der Waals surface area contributed by atoms with Crippen LogP contribution < -0.4 is 10.9 Å². The van der Waals surface area contributed by atoms with E-state index < -0.39 is 11.7 Å².